The summed E-state index contributed by atoms with van der Waals surface area (Å²) in [6.45, 7) is 5.79. The average Bonchev–Trinajstić information content (AvgIpc) is 2.62. The molecule has 5 nitrogen and oxygen atoms in total. The summed E-state index contributed by atoms with van der Waals surface area (Å²) in [5, 5.41) is 7.00. The number of rotatable bonds is 5. The number of hydrogen-bond donors (Lipinski definition) is 2. The van der Waals surface area contributed by atoms with Crippen molar-refractivity contribution in [2.75, 3.05) is 10.6 Å². The van der Waals surface area contributed by atoms with Crippen LogP contribution in [0.15, 0.2) is 48.5 Å². The predicted molar refractivity (Wildman–Crippen MR) is 117 cm³/mol. The fraction of sp³-hybridized carbons (Fsp3) is 0.238. The summed E-state index contributed by atoms with van der Waals surface area (Å²) < 4.78 is 41.9. The molecule has 0 radical (unpaired) electrons. The zero-order valence-electron chi connectivity index (χ0n) is 16.8. The Morgan fingerprint density at radius 3 is 2.16 bits per heavy atom. The van der Waals surface area contributed by atoms with E-state index in [1.807, 2.05) is 20.8 Å². The minimum absolute atomic E-state index is 0.276. The number of alkyl halides is 3. The molecule has 0 aliphatic carbocycles. The van der Waals surface area contributed by atoms with Crippen LogP contribution in [-0.4, -0.2) is 21.9 Å². The monoisotopic (exact) mass is 470 g/mol. The van der Waals surface area contributed by atoms with Crippen LogP contribution < -0.4 is 15.4 Å². The van der Waals surface area contributed by atoms with Crippen LogP contribution in [0.25, 0.3) is 11.3 Å². The van der Waals surface area contributed by atoms with E-state index in [-0.39, 0.29) is 17.2 Å². The number of ether oxygens (including phenoxy) is 1. The summed E-state index contributed by atoms with van der Waals surface area (Å²) in [6.07, 6.45) is -4.79. The minimum Gasteiger partial charge on any atom is -0.406 e. The van der Waals surface area contributed by atoms with Crippen LogP contribution in [0, 0.1) is 0 Å². The topological polar surface area (TPSA) is 59.1 Å². The summed E-state index contributed by atoms with van der Waals surface area (Å²) in [5.41, 5.74) is 0.875. The van der Waals surface area contributed by atoms with Gasteiger partial charge < -0.3 is 15.4 Å². The van der Waals surface area contributed by atoms with Crippen molar-refractivity contribution < 1.29 is 17.9 Å². The fourth-order valence-electron chi connectivity index (χ4n) is 2.65. The van der Waals surface area contributed by atoms with Gasteiger partial charge in [0.05, 0.1) is 21.4 Å². The van der Waals surface area contributed by atoms with E-state index in [0.717, 1.165) is 0 Å². The summed E-state index contributed by atoms with van der Waals surface area (Å²) >= 11 is 12.5. The minimum atomic E-state index is -4.79. The highest BCUT2D eigenvalue weighted by molar-refractivity contribution is 6.39. The molecule has 1 heterocycles. The van der Waals surface area contributed by atoms with E-state index >= 15 is 0 Å². The summed E-state index contributed by atoms with van der Waals surface area (Å²) in [7, 11) is 0. The number of para-hydroxylation sites is 1. The molecule has 31 heavy (non-hydrogen) atoms. The van der Waals surface area contributed by atoms with E-state index in [4.69, 9.17) is 23.2 Å². The van der Waals surface area contributed by atoms with Crippen molar-refractivity contribution in [1.82, 2.24) is 9.97 Å². The standard InChI is InChI=1S/C21H19Cl2F3N4O/c1-20(2,3)30-19-27-16(12-6-4-7-13(10-12)31-21(24,25)26)11-17(29-19)28-18-14(22)8-5-9-15(18)23/h4-11H,1-3H3,(H2,27,28,29,30). The second-order valence-electron chi connectivity index (χ2n) is 7.63. The van der Waals surface area contributed by atoms with Gasteiger partial charge in [-0.05, 0) is 45.0 Å². The average molecular weight is 471 g/mol. The van der Waals surface area contributed by atoms with Gasteiger partial charge in [0, 0.05) is 17.2 Å². The Morgan fingerprint density at radius 1 is 0.903 bits per heavy atom. The SMILES string of the molecule is CC(C)(C)Nc1nc(Nc2c(Cl)cccc2Cl)cc(-c2cccc(OC(F)(F)F)c2)n1. The molecule has 3 rings (SSSR count). The molecule has 0 aliphatic rings. The molecule has 2 N–H and O–H groups in total. The van der Waals surface area contributed by atoms with E-state index in [2.05, 4.69) is 25.3 Å². The normalized spacial score (nSPS) is 11.9. The highest BCUT2D eigenvalue weighted by atomic mass is 35.5. The third-order valence-corrected chi connectivity index (χ3v) is 4.42. The highest BCUT2D eigenvalue weighted by Crippen LogP contribution is 2.34. The van der Waals surface area contributed by atoms with Crippen LogP contribution in [0.3, 0.4) is 0 Å². The van der Waals surface area contributed by atoms with Crippen LogP contribution in [0.5, 0.6) is 5.75 Å². The van der Waals surface area contributed by atoms with Crippen molar-refractivity contribution >= 4 is 40.7 Å². The second kappa shape index (κ2) is 8.80. The third kappa shape index (κ3) is 6.63. The molecule has 1 aromatic heterocycles. The van der Waals surface area contributed by atoms with Crippen LogP contribution in [0.4, 0.5) is 30.6 Å². The number of nitrogens with zero attached hydrogens (tertiary/aromatic N) is 2. The number of benzene rings is 2. The molecule has 0 fully saturated rings. The molecule has 0 amide bonds. The van der Waals surface area contributed by atoms with Gasteiger partial charge in [0.1, 0.15) is 11.6 Å². The van der Waals surface area contributed by atoms with E-state index in [9.17, 15) is 13.2 Å². The van der Waals surface area contributed by atoms with Gasteiger partial charge >= 0.3 is 6.36 Å². The van der Waals surface area contributed by atoms with Gasteiger partial charge in [-0.15, -0.1) is 13.2 Å². The van der Waals surface area contributed by atoms with Gasteiger partial charge in [0.15, 0.2) is 0 Å². The highest BCUT2D eigenvalue weighted by Gasteiger charge is 2.31. The van der Waals surface area contributed by atoms with Gasteiger partial charge in [0.25, 0.3) is 0 Å². The van der Waals surface area contributed by atoms with Crippen molar-refractivity contribution in [3.63, 3.8) is 0 Å². The van der Waals surface area contributed by atoms with Crippen LogP contribution in [0.2, 0.25) is 10.0 Å². The number of hydrogen-bond acceptors (Lipinski definition) is 5. The van der Waals surface area contributed by atoms with Crippen molar-refractivity contribution in [3.8, 4) is 17.0 Å². The van der Waals surface area contributed by atoms with Crippen molar-refractivity contribution in [2.45, 2.75) is 32.7 Å². The Kier molecular flexibility index (Phi) is 6.52. The third-order valence-electron chi connectivity index (χ3n) is 3.79. The molecule has 0 unspecified atom stereocenters. The van der Waals surface area contributed by atoms with Crippen molar-refractivity contribution in [2.24, 2.45) is 0 Å². The van der Waals surface area contributed by atoms with Crippen LogP contribution in [-0.2, 0) is 0 Å². The Morgan fingerprint density at radius 2 is 1.55 bits per heavy atom. The van der Waals surface area contributed by atoms with Crippen LogP contribution in [0.1, 0.15) is 20.8 Å². The first kappa shape index (κ1) is 23.0. The lowest BCUT2D eigenvalue weighted by Gasteiger charge is -2.21. The summed E-state index contributed by atoms with van der Waals surface area (Å²) in [6, 6.07) is 12.2. The van der Waals surface area contributed by atoms with Gasteiger partial charge in [-0.2, -0.15) is 4.98 Å². The van der Waals surface area contributed by atoms with Gasteiger partial charge in [-0.1, -0.05) is 41.4 Å². The van der Waals surface area contributed by atoms with E-state index in [1.54, 1.807) is 30.3 Å². The summed E-state index contributed by atoms with van der Waals surface area (Å²) in [5.74, 6) is 0.282. The quantitative estimate of drug-likeness (QED) is 0.409. The molecule has 0 saturated heterocycles. The van der Waals surface area contributed by atoms with Gasteiger partial charge in [-0.3, -0.25) is 0 Å². The van der Waals surface area contributed by atoms with Gasteiger partial charge in [0.2, 0.25) is 5.95 Å². The molecule has 164 valence electrons. The first-order valence-electron chi connectivity index (χ1n) is 9.14. The zero-order valence-corrected chi connectivity index (χ0v) is 18.3. The largest absolute Gasteiger partial charge is 0.573 e. The number of anilines is 3. The number of nitrogens with one attached hydrogen (secondary N) is 2. The molecule has 0 bridgehead atoms. The zero-order chi connectivity index (χ0) is 22.8. The Hall–Kier alpha value is -2.71. The smallest absolute Gasteiger partial charge is 0.406 e. The van der Waals surface area contributed by atoms with E-state index in [1.165, 1.54) is 18.2 Å². The maximum atomic E-state index is 12.6. The molecular weight excluding hydrogens is 452 g/mol. The lowest BCUT2D eigenvalue weighted by molar-refractivity contribution is -0.274. The first-order valence-corrected chi connectivity index (χ1v) is 9.90. The van der Waals surface area contributed by atoms with Crippen molar-refractivity contribution in [3.05, 3.63) is 58.6 Å². The molecule has 0 saturated carbocycles. The van der Waals surface area contributed by atoms with Crippen molar-refractivity contribution in [1.29, 1.82) is 0 Å². The van der Waals surface area contributed by atoms with E-state index < -0.39 is 6.36 Å². The summed E-state index contributed by atoms with van der Waals surface area (Å²) in [4.78, 5) is 8.89. The van der Waals surface area contributed by atoms with Gasteiger partial charge in [-0.25, -0.2) is 4.98 Å². The molecule has 0 spiro atoms. The van der Waals surface area contributed by atoms with Crippen LogP contribution >= 0.6 is 23.2 Å². The Balaban J connectivity index is 2.05. The van der Waals surface area contributed by atoms with E-state index in [0.29, 0.717) is 32.8 Å². The molecule has 10 heteroatoms. The lowest BCUT2D eigenvalue weighted by atomic mass is 10.1. The Labute approximate surface area is 187 Å². The molecule has 3 aromatic rings. The molecule has 2 aromatic carbocycles. The lowest BCUT2D eigenvalue weighted by Crippen LogP contribution is -2.27. The maximum Gasteiger partial charge on any atom is 0.573 e. The first-order chi connectivity index (χ1) is 14.4. The molecule has 0 aliphatic heterocycles. The maximum absolute atomic E-state index is 12.6. The number of aromatic nitrogens is 2. The predicted octanol–water partition coefficient (Wildman–Crippen LogP) is 7.30. The number of halogens is 5. The fourth-order valence-corrected chi connectivity index (χ4v) is 3.14. The second-order valence-corrected chi connectivity index (χ2v) is 8.45. The molecular formula is C21H19Cl2F3N4O. The molecule has 0 atom stereocenters. The Bertz CT molecular complexity index is 1060.